The predicted octanol–water partition coefficient (Wildman–Crippen LogP) is 7.86. The Labute approximate surface area is 204 Å². The van der Waals surface area contributed by atoms with Gasteiger partial charge in [-0.2, -0.15) is 0 Å². The SMILES string of the molecule is O=C(OCc1csc(-c2ccccc2)n1)c1oc2ccccc2c1CSc1ccc(Cl)cc1. The van der Waals surface area contributed by atoms with Crippen molar-refractivity contribution in [1.29, 1.82) is 0 Å². The Balaban J connectivity index is 1.33. The molecule has 5 rings (SSSR count). The molecule has 0 N–H and O–H groups in total. The molecule has 0 aliphatic carbocycles. The van der Waals surface area contributed by atoms with Gasteiger partial charge < -0.3 is 9.15 Å². The zero-order valence-electron chi connectivity index (χ0n) is 17.4. The van der Waals surface area contributed by atoms with Crippen LogP contribution < -0.4 is 0 Å². The second-order valence-electron chi connectivity index (χ2n) is 7.23. The molecule has 2 aromatic heterocycles. The normalized spacial score (nSPS) is 11.1. The fourth-order valence-electron chi connectivity index (χ4n) is 3.38. The highest BCUT2D eigenvalue weighted by molar-refractivity contribution is 7.98. The van der Waals surface area contributed by atoms with Gasteiger partial charge in [0.15, 0.2) is 0 Å². The van der Waals surface area contributed by atoms with E-state index in [-0.39, 0.29) is 12.4 Å². The van der Waals surface area contributed by atoms with Gasteiger partial charge in [0.25, 0.3) is 0 Å². The van der Waals surface area contributed by atoms with E-state index in [1.165, 1.54) is 11.3 Å². The van der Waals surface area contributed by atoms with E-state index in [4.69, 9.17) is 20.8 Å². The van der Waals surface area contributed by atoms with Gasteiger partial charge in [-0.25, -0.2) is 9.78 Å². The number of hydrogen-bond donors (Lipinski definition) is 0. The van der Waals surface area contributed by atoms with Gasteiger partial charge in [0, 0.05) is 37.6 Å². The summed E-state index contributed by atoms with van der Waals surface area (Å²) < 4.78 is 11.5. The van der Waals surface area contributed by atoms with Gasteiger partial charge in [0.1, 0.15) is 17.2 Å². The number of benzene rings is 3. The lowest BCUT2D eigenvalue weighted by atomic mass is 10.1. The first-order valence-corrected chi connectivity index (χ1v) is 12.5. The van der Waals surface area contributed by atoms with E-state index in [1.807, 2.05) is 84.2 Å². The Morgan fingerprint density at radius 2 is 1.76 bits per heavy atom. The number of esters is 1. The van der Waals surface area contributed by atoms with Crippen molar-refractivity contribution in [3.8, 4) is 10.6 Å². The number of carbonyl (C=O) groups excluding carboxylic acids is 1. The minimum atomic E-state index is -0.493. The van der Waals surface area contributed by atoms with E-state index >= 15 is 0 Å². The average Bonchev–Trinajstić information content (AvgIpc) is 3.48. The summed E-state index contributed by atoms with van der Waals surface area (Å²) >= 11 is 9.12. The number of fused-ring (bicyclic) bond motifs is 1. The number of furan rings is 1. The van der Waals surface area contributed by atoms with Crippen LogP contribution in [0.25, 0.3) is 21.5 Å². The van der Waals surface area contributed by atoms with E-state index in [2.05, 4.69) is 4.98 Å². The third-order valence-electron chi connectivity index (χ3n) is 5.00. The molecule has 0 atom stereocenters. The predicted molar refractivity (Wildman–Crippen MR) is 134 cm³/mol. The van der Waals surface area contributed by atoms with Crippen LogP contribution in [-0.4, -0.2) is 11.0 Å². The Bertz CT molecular complexity index is 1390. The van der Waals surface area contributed by atoms with Crippen molar-refractivity contribution in [3.05, 3.63) is 106 Å². The molecular formula is C26H18ClNO3S2. The van der Waals surface area contributed by atoms with Crippen LogP contribution in [0.4, 0.5) is 0 Å². The molecule has 164 valence electrons. The molecule has 2 heterocycles. The highest BCUT2D eigenvalue weighted by Crippen LogP contribution is 2.33. The van der Waals surface area contributed by atoms with E-state index in [1.54, 1.807) is 11.8 Å². The average molecular weight is 492 g/mol. The standard InChI is InChI=1S/C26H18ClNO3S2/c27-18-10-12-20(13-11-18)32-16-22-21-8-4-5-9-23(21)31-24(22)26(29)30-14-19-15-33-25(28-19)17-6-2-1-3-7-17/h1-13,15H,14,16H2. The molecule has 0 aliphatic rings. The second-order valence-corrected chi connectivity index (χ2v) is 9.58. The van der Waals surface area contributed by atoms with E-state index in [0.717, 1.165) is 26.4 Å². The van der Waals surface area contributed by atoms with Crippen LogP contribution in [0.15, 0.2) is 93.6 Å². The van der Waals surface area contributed by atoms with E-state index < -0.39 is 5.97 Å². The maximum Gasteiger partial charge on any atom is 0.374 e. The molecule has 0 fully saturated rings. The van der Waals surface area contributed by atoms with Crippen LogP contribution in [0.1, 0.15) is 21.8 Å². The van der Waals surface area contributed by atoms with Crippen LogP contribution >= 0.6 is 34.7 Å². The maximum absolute atomic E-state index is 13.0. The number of halogens is 1. The number of ether oxygens (including phenoxy) is 1. The number of aromatic nitrogens is 1. The van der Waals surface area contributed by atoms with Crippen LogP contribution in [0.5, 0.6) is 0 Å². The summed E-state index contributed by atoms with van der Waals surface area (Å²) in [5.41, 5.74) is 3.23. The zero-order valence-corrected chi connectivity index (χ0v) is 19.8. The molecular weight excluding hydrogens is 474 g/mol. The first kappa shape index (κ1) is 21.8. The number of para-hydroxylation sites is 1. The monoisotopic (exact) mass is 491 g/mol. The molecule has 0 radical (unpaired) electrons. The minimum Gasteiger partial charge on any atom is -0.453 e. The van der Waals surface area contributed by atoms with Crippen molar-refractivity contribution in [2.75, 3.05) is 0 Å². The van der Waals surface area contributed by atoms with Crippen molar-refractivity contribution in [2.24, 2.45) is 0 Å². The topological polar surface area (TPSA) is 52.3 Å². The second kappa shape index (κ2) is 9.83. The molecule has 0 unspecified atom stereocenters. The molecule has 0 bridgehead atoms. The fraction of sp³-hybridized carbons (Fsp3) is 0.0769. The first-order valence-electron chi connectivity index (χ1n) is 10.2. The molecule has 0 spiro atoms. The van der Waals surface area contributed by atoms with Gasteiger partial charge in [-0.15, -0.1) is 23.1 Å². The molecule has 0 saturated carbocycles. The lowest BCUT2D eigenvalue weighted by Gasteiger charge is -2.05. The molecule has 0 saturated heterocycles. The summed E-state index contributed by atoms with van der Waals surface area (Å²) in [5, 5.41) is 4.40. The molecule has 4 nitrogen and oxygen atoms in total. The maximum atomic E-state index is 13.0. The Kier molecular flexibility index (Phi) is 6.48. The number of hydrogen-bond acceptors (Lipinski definition) is 6. The molecule has 7 heteroatoms. The van der Waals surface area contributed by atoms with Gasteiger partial charge in [0.2, 0.25) is 5.76 Å². The van der Waals surface area contributed by atoms with Crippen LogP contribution in [0.3, 0.4) is 0 Å². The first-order chi connectivity index (χ1) is 16.2. The lowest BCUT2D eigenvalue weighted by Crippen LogP contribution is -2.06. The quantitative estimate of drug-likeness (QED) is 0.171. The van der Waals surface area contributed by atoms with Gasteiger partial charge in [-0.1, -0.05) is 60.1 Å². The van der Waals surface area contributed by atoms with Crippen molar-refractivity contribution < 1.29 is 13.9 Å². The summed E-state index contributed by atoms with van der Waals surface area (Å²) in [5.74, 6) is 0.307. The van der Waals surface area contributed by atoms with Crippen LogP contribution in [-0.2, 0) is 17.1 Å². The van der Waals surface area contributed by atoms with Gasteiger partial charge >= 0.3 is 5.97 Å². The molecule has 33 heavy (non-hydrogen) atoms. The summed E-state index contributed by atoms with van der Waals surface area (Å²) in [4.78, 5) is 18.6. The molecule has 3 aromatic carbocycles. The fourth-order valence-corrected chi connectivity index (χ4v) is 5.25. The number of rotatable bonds is 7. The van der Waals surface area contributed by atoms with Crippen LogP contribution in [0, 0.1) is 0 Å². The highest BCUT2D eigenvalue weighted by Gasteiger charge is 2.22. The third-order valence-corrected chi connectivity index (χ3v) is 7.23. The van der Waals surface area contributed by atoms with Crippen molar-refractivity contribution in [3.63, 3.8) is 0 Å². The van der Waals surface area contributed by atoms with E-state index in [0.29, 0.717) is 22.1 Å². The summed E-state index contributed by atoms with van der Waals surface area (Å²) in [6.07, 6.45) is 0. The highest BCUT2D eigenvalue weighted by atomic mass is 35.5. The Morgan fingerprint density at radius 3 is 2.58 bits per heavy atom. The summed E-state index contributed by atoms with van der Waals surface area (Å²) in [6, 6.07) is 25.2. The van der Waals surface area contributed by atoms with Gasteiger partial charge in [-0.05, 0) is 30.3 Å². The molecule has 5 aromatic rings. The van der Waals surface area contributed by atoms with Crippen molar-refractivity contribution >= 4 is 51.6 Å². The lowest BCUT2D eigenvalue weighted by molar-refractivity contribution is 0.0433. The zero-order chi connectivity index (χ0) is 22.6. The van der Waals surface area contributed by atoms with Gasteiger partial charge in [-0.3, -0.25) is 0 Å². The summed E-state index contributed by atoms with van der Waals surface area (Å²) in [7, 11) is 0. The smallest absolute Gasteiger partial charge is 0.374 e. The van der Waals surface area contributed by atoms with E-state index in [9.17, 15) is 4.79 Å². The minimum absolute atomic E-state index is 0.0863. The number of nitrogens with zero attached hydrogens (tertiary/aromatic N) is 1. The third kappa shape index (κ3) is 4.98. The number of thioether (sulfide) groups is 1. The Morgan fingerprint density at radius 1 is 1.00 bits per heavy atom. The molecule has 0 aliphatic heterocycles. The summed E-state index contributed by atoms with van der Waals surface area (Å²) in [6.45, 7) is 0.0863. The number of thiazole rings is 1. The number of carbonyl (C=O) groups is 1. The largest absolute Gasteiger partial charge is 0.453 e. The van der Waals surface area contributed by atoms with Crippen molar-refractivity contribution in [1.82, 2.24) is 4.98 Å². The molecule has 0 amide bonds. The van der Waals surface area contributed by atoms with Crippen LogP contribution in [0.2, 0.25) is 5.02 Å². The van der Waals surface area contributed by atoms with Gasteiger partial charge in [0.05, 0.1) is 5.69 Å². The Hall–Kier alpha value is -3.06. The van der Waals surface area contributed by atoms with Crippen molar-refractivity contribution in [2.45, 2.75) is 17.3 Å².